The van der Waals surface area contributed by atoms with Crippen LogP contribution >= 0.6 is 0 Å². The summed E-state index contributed by atoms with van der Waals surface area (Å²) in [5.41, 5.74) is 6.81. The van der Waals surface area contributed by atoms with Gasteiger partial charge < -0.3 is 0 Å². The summed E-state index contributed by atoms with van der Waals surface area (Å²) in [5.74, 6) is -0.0915. The molecule has 27 heavy (non-hydrogen) atoms. The molecule has 1 amide bonds. The van der Waals surface area contributed by atoms with Gasteiger partial charge in [-0.3, -0.25) is 14.6 Å². The van der Waals surface area contributed by atoms with Crippen molar-refractivity contribution in [1.29, 1.82) is 0 Å². The molecule has 4 nitrogen and oxygen atoms in total. The summed E-state index contributed by atoms with van der Waals surface area (Å²) in [6, 6.07) is 22.0. The minimum Gasteiger partial charge on any atom is -0.273 e. The smallest absolute Gasteiger partial charge is 0.243 e. The zero-order chi connectivity index (χ0) is 18.9. The number of amides is 1. The van der Waals surface area contributed by atoms with Gasteiger partial charge in [0.15, 0.2) is 0 Å². The molecule has 138 valence electrons. The second-order valence-electron chi connectivity index (χ2n) is 6.40. The lowest BCUT2D eigenvalue weighted by atomic mass is 9.98. The normalized spacial score (nSPS) is 11.7. The molecule has 0 aliphatic carbocycles. The number of unbranched alkanes of at least 4 members (excludes halogenated alkanes) is 1. The minimum absolute atomic E-state index is 0.0915. The van der Waals surface area contributed by atoms with E-state index in [4.69, 9.17) is 4.84 Å². The van der Waals surface area contributed by atoms with Crippen LogP contribution in [0.1, 0.15) is 43.4 Å². The molecule has 0 saturated carbocycles. The fourth-order valence-corrected chi connectivity index (χ4v) is 2.86. The number of carbonyl (C=O) groups is 1. The van der Waals surface area contributed by atoms with Crippen LogP contribution in [0.5, 0.6) is 0 Å². The first-order valence-electron chi connectivity index (χ1n) is 9.27. The lowest BCUT2D eigenvalue weighted by Crippen LogP contribution is -2.26. The van der Waals surface area contributed by atoms with Crippen LogP contribution in [0.2, 0.25) is 0 Å². The molecule has 3 rings (SSSR count). The monoisotopic (exact) mass is 360 g/mol. The standard InChI is InChI=1S/C23H24N2O2/c1-2-3-9-22(26)25-27-23(20-7-5-4-6-8-20)21-12-10-18(11-13-21)19-14-16-24-17-15-19/h4-8,10-17,23H,2-3,9H2,1H3,(H,25,26). The lowest BCUT2D eigenvalue weighted by molar-refractivity contribution is -0.137. The summed E-state index contributed by atoms with van der Waals surface area (Å²) in [6.07, 6.45) is 5.51. The predicted octanol–water partition coefficient (Wildman–Crippen LogP) is 5.08. The Kier molecular flexibility index (Phi) is 6.72. The Balaban J connectivity index is 1.79. The van der Waals surface area contributed by atoms with Crippen LogP contribution in [0, 0.1) is 0 Å². The molecule has 1 atom stereocenters. The summed E-state index contributed by atoms with van der Waals surface area (Å²) in [4.78, 5) is 21.8. The predicted molar refractivity (Wildman–Crippen MR) is 107 cm³/mol. The Morgan fingerprint density at radius 1 is 0.926 bits per heavy atom. The van der Waals surface area contributed by atoms with E-state index in [0.29, 0.717) is 6.42 Å². The maximum atomic E-state index is 12.0. The van der Waals surface area contributed by atoms with Gasteiger partial charge in [0.25, 0.3) is 0 Å². The van der Waals surface area contributed by atoms with Crippen molar-refractivity contribution in [1.82, 2.24) is 10.5 Å². The van der Waals surface area contributed by atoms with E-state index in [0.717, 1.165) is 35.1 Å². The summed E-state index contributed by atoms with van der Waals surface area (Å²) < 4.78 is 0. The van der Waals surface area contributed by atoms with Crippen molar-refractivity contribution < 1.29 is 9.63 Å². The van der Waals surface area contributed by atoms with Gasteiger partial charge >= 0.3 is 0 Å². The number of pyridine rings is 1. The quantitative estimate of drug-likeness (QED) is 0.570. The zero-order valence-corrected chi connectivity index (χ0v) is 15.5. The van der Waals surface area contributed by atoms with Crippen molar-refractivity contribution in [2.45, 2.75) is 32.3 Å². The molecule has 0 radical (unpaired) electrons. The van der Waals surface area contributed by atoms with Crippen LogP contribution in [0.15, 0.2) is 79.1 Å². The third-order valence-corrected chi connectivity index (χ3v) is 4.38. The molecule has 0 spiro atoms. The SMILES string of the molecule is CCCCC(=O)NOC(c1ccccc1)c1ccc(-c2ccncc2)cc1. The highest BCUT2D eigenvalue weighted by Crippen LogP contribution is 2.27. The van der Waals surface area contributed by atoms with Gasteiger partial charge in [0.05, 0.1) is 0 Å². The van der Waals surface area contributed by atoms with E-state index in [1.54, 1.807) is 12.4 Å². The fraction of sp³-hybridized carbons (Fsp3) is 0.217. The summed E-state index contributed by atoms with van der Waals surface area (Å²) in [6.45, 7) is 2.06. The van der Waals surface area contributed by atoms with E-state index in [-0.39, 0.29) is 12.0 Å². The van der Waals surface area contributed by atoms with Crippen molar-refractivity contribution in [3.63, 3.8) is 0 Å². The molecule has 3 aromatic rings. The number of hydroxylamine groups is 1. The second-order valence-corrected chi connectivity index (χ2v) is 6.40. The largest absolute Gasteiger partial charge is 0.273 e. The molecule has 0 aliphatic rings. The van der Waals surface area contributed by atoms with Crippen LogP contribution in [0.4, 0.5) is 0 Å². The van der Waals surface area contributed by atoms with E-state index >= 15 is 0 Å². The van der Waals surface area contributed by atoms with Gasteiger partial charge in [-0.25, -0.2) is 5.48 Å². The maximum absolute atomic E-state index is 12.0. The number of carbonyl (C=O) groups excluding carboxylic acids is 1. The van der Waals surface area contributed by atoms with Crippen molar-refractivity contribution in [2.24, 2.45) is 0 Å². The van der Waals surface area contributed by atoms with E-state index in [1.807, 2.05) is 54.6 Å². The average Bonchev–Trinajstić information content (AvgIpc) is 2.74. The van der Waals surface area contributed by atoms with Crippen LogP contribution in [-0.2, 0) is 9.63 Å². The third-order valence-electron chi connectivity index (χ3n) is 4.38. The first-order chi connectivity index (χ1) is 13.3. The highest BCUT2D eigenvalue weighted by molar-refractivity contribution is 5.74. The summed E-state index contributed by atoms with van der Waals surface area (Å²) in [5, 5.41) is 0. The fourth-order valence-electron chi connectivity index (χ4n) is 2.86. The molecule has 1 heterocycles. The minimum atomic E-state index is -0.358. The number of benzene rings is 2. The van der Waals surface area contributed by atoms with Gasteiger partial charge in [-0.05, 0) is 40.8 Å². The molecular weight excluding hydrogens is 336 g/mol. The summed E-state index contributed by atoms with van der Waals surface area (Å²) >= 11 is 0. The number of hydrogen-bond acceptors (Lipinski definition) is 3. The molecule has 0 bridgehead atoms. The van der Waals surface area contributed by atoms with E-state index in [2.05, 4.69) is 29.5 Å². The summed E-state index contributed by atoms with van der Waals surface area (Å²) in [7, 11) is 0. The molecule has 0 aliphatic heterocycles. The van der Waals surface area contributed by atoms with Gasteiger partial charge in [0.1, 0.15) is 6.10 Å². The molecule has 0 saturated heterocycles. The Morgan fingerprint density at radius 3 is 2.22 bits per heavy atom. The first kappa shape index (κ1) is 18.8. The number of nitrogens with zero attached hydrogens (tertiary/aromatic N) is 1. The van der Waals surface area contributed by atoms with Gasteiger partial charge in [0.2, 0.25) is 5.91 Å². The van der Waals surface area contributed by atoms with Crippen LogP contribution in [0.3, 0.4) is 0 Å². The molecule has 1 unspecified atom stereocenters. The molecule has 2 aromatic carbocycles. The Bertz CT molecular complexity index is 833. The van der Waals surface area contributed by atoms with Crippen LogP contribution in [-0.4, -0.2) is 10.9 Å². The van der Waals surface area contributed by atoms with Crippen molar-refractivity contribution in [3.05, 3.63) is 90.3 Å². The molecule has 1 aromatic heterocycles. The molecular formula is C23H24N2O2. The number of rotatable bonds is 8. The van der Waals surface area contributed by atoms with E-state index < -0.39 is 0 Å². The number of nitrogens with one attached hydrogen (secondary N) is 1. The topological polar surface area (TPSA) is 51.2 Å². The van der Waals surface area contributed by atoms with E-state index in [1.165, 1.54) is 0 Å². The Morgan fingerprint density at radius 2 is 1.56 bits per heavy atom. The van der Waals surface area contributed by atoms with Gasteiger partial charge in [-0.2, -0.15) is 0 Å². The number of aromatic nitrogens is 1. The molecule has 1 N–H and O–H groups in total. The zero-order valence-electron chi connectivity index (χ0n) is 15.5. The Labute approximate surface area is 160 Å². The van der Waals surface area contributed by atoms with Crippen molar-refractivity contribution in [3.8, 4) is 11.1 Å². The molecule has 0 fully saturated rings. The van der Waals surface area contributed by atoms with E-state index in [9.17, 15) is 4.79 Å². The van der Waals surface area contributed by atoms with Crippen LogP contribution in [0.25, 0.3) is 11.1 Å². The first-order valence-corrected chi connectivity index (χ1v) is 9.27. The maximum Gasteiger partial charge on any atom is 0.243 e. The molecule has 4 heteroatoms. The third kappa shape index (κ3) is 5.25. The second kappa shape index (κ2) is 9.64. The lowest BCUT2D eigenvalue weighted by Gasteiger charge is -2.19. The highest BCUT2D eigenvalue weighted by Gasteiger charge is 2.16. The average molecular weight is 360 g/mol. The van der Waals surface area contributed by atoms with Crippen molar-refractivity contribution in [2.75, 3.05) is 0 Å². The van der Waals surface area contributed by atoms with Gasteiger partial charge in [-0.1, -0.05) is 67.9 Å². The number of hydrogen-bond donors (Lipinski definition) is 1. The highest BCUT2D eigenvalue weighted by atomic mass is 16.7. The van der Waals surface area contributed by atoms with Gasteiger partial charge in [-0.15, -0.1) is 0 Å². The Hall–Kier alpha value is -2.98. The van der Waals surface area contributed by atoms with Crippen LogP contribution < -0.4 is 5.48 Å². The van der Waals surface area contributed by atoms with Gasteiger partial charge in [0, 0.05) is 18.8 Å². The van der Waals surface area contributed by atoms with Crippen molar-refractivity contribution >= 4 is 5.91 Å².